The van der Waals surface area contributed by atoms with E-state index < -0.39 is 0 Å². The SMILES string of the molecule is COc1ccc([C@@H](C)CC(=O)Nc2cnccn2)cc1. The van der Waals surface area contributed by atoms with E-state index in [1.807, 2.05) is 31.2 Å². The van der Waals surface area contributed by atoms with Gasteiger partial charge in [0.1, 0.15) is 5.75 Å². The summed E-state index contributed by atoms with van der Waals surface area (Å²) < 4.78 is 5.11. The van der Waals surface area contributed by atoms with Crippen molar-refractivity contribution in [2.24, 2.45) is 0 Å². The third kappa shape index (κ3) is 3.78. The molecular weight excluding hydrogens is 254 g/mol. The lowest BCUT2D eigenvalue weighted by molar-refractivity contribution is -0.116. The maximum Gasteiger partial charge on any atom is 0.226 e. The van der Waals surface area contributed by atoms with Gasteiger partial charge in [-0.15, -0.1) is 0 Å². The number of hydrogen-bond acceptors (Lipinski definition) is 4. The van der Waals surface area contributed by atoms with Crippen LogP contribution in [0.15, 0.2) is 42.9 Å². The second-order valence-electron chi connectivity index (χ2n) is 4.52. The molecule has 5 heteroatoms. The van der Waals surface area contributed by atoms with Crippen molar-refractivity contribution in [2.75, 3.05) is 12.4 Å². The highest BCUT2D eigenvalue weighted by Gasteiger charge is 2.12. The minimum Gasteiger partial charge on any atom is -0.497 e. The van der Waals surface area contributed by atoms with Crippen molar-refractivity contribution in [3.8, 4) is 5.75 Å². The van der Waals surface area contributed by atoms with Crippen molar-refractivity contribution < 1.29 is 9.53 Å². The summed E-state index contributed by atoms with van der Waals surface area (Å²) in [5.74, 6) is 1.33. The van der Waals surface area contributed by atoms with E-state index >= 15 is 0 Å². The van der Waals surface area contributed by atoms with Gasteiger partial charge in [-0.2, -0.15) is 0 Å². The number of anilines is 1. The van der Waals surface area contributed by atoms with Crippen LogP contribution in [0.5, 0.6) is 5.75 Å². The van der Waals surface area contributed by atoms with E-state index in [9.17, 15) is 4.79 Å². The Hall–Kier alpha value is -2.43. The maximum absolute atomic E-state index is 11.9. The van der Waals surface area contributed by atoms with E-state index in [0.29, 0.717) is 12.2 Å². The van der Waals surface area contributed by atoms with Gasteiger partial charge >= 0.3 is 0 Å². The summed E-state index contributed by atoms with van der Waals surface area (Å²) in [6, 6.07) is 7.73. The average molecular weight is 271 g/mol. The van der Waals surface area contributed by atoms with Crippen molar-refractivity contribution in [3.63, 3.8) is 0 Å². The first kappa shape index (κ1) is 14.0. The summed E-state index contributed by atoms with van der Waals surface area (Å²) >= 11 is 0. The van der Waals surface area contributed by atoms with E-state index in [-0.39, 0.29) is 11.8 Å². The van der Waals surface area contributed by atoms with Gasteiger partial charge in [-0.25, -0.2) is 4.98 Å². The van der Waals surface area contributed by atoms with Crippen LogP contribution in [-0.2, 0) is 4.79 Å². The molecule has 0 fully saturated rings. The van der Waals surface area contributed by atoms with Crippen molar-refractivity contribution in [1.82, 2.24) is 9.97 Å². The number of rotatable bonds is 5. The van der Waals surface area contributed by atoms with Crippen molar-refractivity contribution in [3.05, 3.63) is 48.4 Å². The topological polar surface area (TPSA) is 64.1 Å². The molecule has 0 aliphatic rings. The summed E-state index contributed by atoms with van der Waals surface area (Å²) in [5, 5.41) is 2.73. The second-order valence-corrected chi connectivity index (χ2v) is 4.52. The molecule has 0 aliphatic carbocycles. The van der Waals surface area contributed by atoms with Gasteiger partial charge in [0.15, 0.2) is 5.82 Å². The molecule has 2 aromatic rings. The number of ether oxygens (including phenoxy) is 1. The van der Waals surface area contributed by atoms with E-state index in [0.717, 1.165) is 11.3 Å². The lowest BCUT2D eigenvalue weighted by Gasteiger charge is -2.12. The van der Waals surface area contributed by atoms with Crippen molar-refractivity contribution >= 4 is 11.7 Å². The van der Waals surface area contributed by atoms with E-state index in [2.05, 4.69) is 15.3 Å². The van der Waals surface area contributed by atoms with E-state index in [4.69, 9.17) is 4.74 Å². The fraction of sp³-hybridized carbons (Fsp3) is 0.267. The Morgan fingerprint density at radius 2 is 2.05 bits per heavy atom. The molecule has 2 rings (SSSR count). The number of methoxy groups -OCH3 is 1. The van der Waals surface area contributed by atoms with Gasteiger partial charge in [0.2, 0.25) is 5.91 Å². The van der Waals surface area contributed by atoms with E-state index in [1.165, 1.54) is 6.20 Å². The van der Waals surface area contributed by atoms with E-state index in [1.54, 1.807) is 19.5 Å². The molecule has 0 unspecified atom stereocenters. The number of nitrogens with one attached hydrogen (secondary N) is 1. The molecule has 0 saturated heterocycles. The Labute approximate surface area is 118 Å². The summed E-state index contributed by atoms with van der Waals surface area (Å²) in [4.78, 5) is 19.8. The van der Waals surface area contributed by atoms with Crippen molar-refractivity contribution in [2.45, 2.75) is 19.3 Å². The van der Waals surface area contributed by atoms with Gasteiger partial charge in [-0.3, -0.25) is 9.78 Å². The minimum atomic E-state index is -0.0752. The maximum atomic E-state index is 11.9. The smallest absolute Gasteiger partial charge is 0.226 e. The number of carbonyl (C=O) groups is 1. The summed E-state index contributed by atoms with van der Waals surface area (Å²) in [6.07, 6.45) is 5.02. The van der Waals surface area contributed by atoms with Gasteiger partial charge in [-0.1, -0.05) is 19.1 Å². The zero-order valence-electron chi connectivity index (χ0n) is 11.5. The molecule has 20 heavy (non-hydrogen) atoms. The predicted molar refractivity (Wildman–Crippen MR) is 76.7 cm³/mol. The number of aromatic nitrogens is 2. The van der Waals surface area contributed by atoms with Crippen LogP contribution < -0.4 is 10.1 Å². The lowest BCUT2D eigenvalue weighted by Crippen LogP contribution is -2.15. The average Bonchev–Trinajstić information content (AvgIpc) is 2.48. The van der Waals surface area contributed by atoms with Crippen LogP contribution in [0.3, 0.4) is 0 Å². The molecule has 1 aromatic carbocycles. The Morgan fingerprint density at radius 3 is 2.65 bits per heavy atom. The molecule has 5 nitrogen and oxygen atoms in total. The molecule has 1 aromatic heterocycles. The zero-order chi connectivity index (χ0) is 14.4. The molecule has 0 aliphatic heterocycles. The first-order valence-corrected chi connectivity index (χ1v) is 6.39. The highest BCUT2D eigenvalue weighted by molar-refractivity contribution is 5.90. The molecule has 0 radical (unpaired) electrons. The van der Waals surface area contributed by atoms with Crippen LogP contribution in [0.4, 0.5) is 5.82 Å². The Kier molecular flexibility index (Phi) is 4.65. The van der Waals surface area contributed by atoms with Gasteiger partial charge in [0, 0.05) is 18.8 Å². The Morgan fingerprint density at radius 1 is 1.30 bits per heavy atom. The van der Waals surface area contributed by atoms with Crippen LogP contribution in [0.2, 0.25) is 0 Å². The third-order valence-corrected chi connectivity index (χ3v) is 3.01. The molecule has 104 valence electrons. The lowest BCUT2D eigenvalue weighted by atomic mass is 9.97. The fourth-order valence-corrected chi connectivity index (χ4v) is 1.89. The third-order valence-electron chi connectivity index (χ3n) is 3.01. The van der Waals surface area contributed by atoms with Gasteiger partial charge in [-0.05, 0) is 23.6 Å². The van der Waals surface area contributed by atoms with Crippen LogP contribution >= 0.6 is 0 Å². The molecule has 1 atom stereocenters. The van der Waals surface area contributed by atoms with Crippen LogP contribution in [0.1, 0.15) is 24.8 Å². The molecule has 1 N–H and O–H groups in total. The standard InChI is InChI=1S/C15H17N3O2/c1-11(12-3-5-13(20-2)6-4-12)9-15(19)18-14-10-16-7-8-17-14/h3-8,10-11H,9H2,1-2H3,(H,17,18,19)/t11-/m0/s1. The molecule has 1 heterocycles. The van der Waals surface area contributed by atoms with Crippen LogP contribution in [0, 0.1) is 0 Å². The largest absolute Gasteiger partial charge is 0.497 e. The predicted octanol–water partition coefficient (Wildman–Crippen LogP) is 2.62. The quantitative estimate of drug-likeness (QED) is 0.908. The van der Waals surface area contributed by atoms with Gasteiger partial charge in [0.05, 0.1) is 13.3 Å². The first-order valence-electron chi connectivity index (χ1n) is 6.39. The number of nitrogens with zero attached hydrogens (tertiary/aromatic N) is 2. The highest BCUT2D eigenvalue weighted by atomic mass is 16.5. The molecule has 0 bridgehead atoms. The van der Waals surface area contributed by atoms with Crippen molar-refractivity contribution in [1.29, 1.82) is 0 Å². The molecule has 1 amide bonds. The molecule has 0 saturated carbocycles. The monoisotopic (exact) mass is 271 g/mol. The number of hydrogen-bond donors (Lipinski definition) is 1. The second kappa shape index (κ2) is 6.65. The number of benzene rings is 1. The van der Waals surface area contributed by atoms with Crippen LogP contribution in [0.25, 0.3) is 0 Å². The molecule has 0 spiro atoms. The zero-order valence-corrected chi connectivity index (χ0v) is 11.5. The molecular formula is C15H17N3O2. The van der Waals surface area contributed by atoms with Gasteiger partial charge < -0.3 is 10.1 Å². The Bertz CT molecular complexity index is 555. The Balaban J connectivity index is 1.93. The number of amides is 1. The first-order chi connectivity index (χ1) is 9.69. The van der Waals surface area contributed by atoms with Crippen LogP contribution in [-0.4, -0.2) is 23.0 Å². The van der Waals surface area contributed by atoms with Gasteiger partial charge in [0.25, 0.3) is 0 Å². The minimum absolute atomic E-state index is 0.0752. The normalized spacial score (nSPS) is 11.7. The number of carbonyl (C=O) groups excluding carboxylic acids is 1. The fourth-order valence-electron chi connectivity index (χ4n) is 1.89. The summed E-state index contributed by atoms with van der Waals surface area (Å²) in [6.45, 7) is 2.01. The highest BCUT2D eigenvalue weighted by Crippen LogP contribution is 2.22. The summed E-state index contributed by atoms with van der Waals surface area (Å²) in [5.41, 5.74) is 1.10. The summed E-state index contributed by atoms with van der Waals surface area (Å²) in [7, 11) is 1.63.